The van der Waals surface area contributed by atoms with Crippen LogP contribution in [-0.2, 0) is 10.3 Å². The average Bonchev–Trinajstić information content (AvgIpc) is 2.19. The van der Waals surface area contributed by atoms with Gasteiger partial charge < -0.3 is 9.72 Å². The number of rotatable bonds is 1. The zero-order chi connectivity index (χ0) is 10.0. The number of nitrogens with zero attached hydrogens (tertiary/aromatic N) is 1. The quantitative estimate of drug-likeness (QED) is 0.730. The van der Waals surface area contributed by atoms with E-state index in [2.05, 4.69) is 9.97 Å². The van der Waals surface area contributed by atoms with Crippen LogP contribution in [0.3, 0.4) is 0 Å². The van der Waals surface area contributed by atoms with Gasteiger partial charge in [0.05, 0.1) is 0 Å². The summed E-state index contributed by atoms with van der Waals surface area (Å²) in [5.74, 6) is 0.643. The molecule has 0 spiro atoms. The van der Waals surface area contributed by atoms with Crippen LogP contribution in [0.25, 0.3) is 0 Å². The molecule has 76 valence electrons. The minimum atomic E-state index is -0.404. The Labute approximate surface area is 82.3 Å². The molecule has 0 saturated carbocycles. The first-order chi connectivity index (χ1) is 6.71. The van der Waals surface area contributed by atoms with Gasteiger partial charge in [0.1, 0.15) is 11.4 Å². The monoisotopic (exact) mass is 194 g/mol. The van der Waals surface area contributed by atoms with E-state index in [9.17, 15) is 4.79 Å². The van der Waals surface area contributed by atoms with Gasteiger partial charge in [-0.3, -0.25) is 4.79 Å². The van der Waals surface area contributed by atoms with E-state index in [0.29, 0.717) is 5.82 Å². The minimum Gasteiger partial charge on any atom is -0.367 e. The summed E-state index contributed by atoms with van der Waals surface area (Å²) in [6, 6.07) is 1.41. The topological polar surface area (TPSA) is 55.0 Å². The van der Waals surface area contributed by atoms with Crippen LogP contribution in [0.15, 0.2) is 17.1 Å². The van der Waals surface area contributed by atoms with Gasteiger partial charge in [0.25, 0.3) is 5.56 Å². The molecule has 1 aliphatic heterocycles. The lowest BCUT2D eigenvalue weighted by molar-refractivity contribution is -0.0762. The molecule has 0 aliphatic carbocycles. The molecule has 1 unspecified atom stereocenters. The Hall–Kier alpha value is -1.16. The average molecular weight is 194 g/mol. The third kappa shape index (κ3) is 1.70. The van der Waals surface area contributed by atoms with Gasteiger partial charge in [0, 0.05) is 18.9 Å². The second-order valence-electron chi connectivity index (χ2n) is 3.82. The number of hydrogen-bond acceptors (Lipinski definition) is 3. The Balaban J connectivity index is 2.32. The lowest BCUT2D eigenvalue weighted by atomic mass is 9.95. The highest BCUT2D eigenvalue weighted by atomic mass is 16.5. The summed E-state index contributed by atoms with van der Waals surface area (Å²) >= 11 is 0. The Morgan fingerprint density at radius 1 is 1.57 bits per heavy atom. The highest BCUT2D eigenvalue weighted by Gasteiger charge is 2.32. The zero-order valence-corrected chi connectivity index (χ0v) is 8.25. The normalized spacial score (nSPS) is 27.5. The lowest BCUT2D eigenvalue weighted by Crippen LogP contribution is -2.33. The van der Waals surface area contributed by atoms with Crippen molar-refractivity contribution >= 4 is 0 Å². The van der Waals surface area contributed by atoms with Crippen LogP contribution in [-0.4, -0.2) is 16.6 Å². The second kappa shape index (κ2) is 3.53. The molecule has 1 aromatic rings. The van der Waals surface area contributed by atoms with Gasteiger partial charge in [-0.15, -0.1) is 0 Å². The zero-order valence-electron chi connectivity index (χ0n) is 8.25. The first-order valence-electron chi connectivity index (χ1n) is 4.90. The van der Waals surface area contributed by atoms with E-state index in [-0.39, 0.29) is 5.56 Å². The molecule has 1 saturated heterocycles. The predicted octanol–water partition coefficient (Wildman–Crippen LogP) is 1.19. The Bertz CT molecular complexity index is 366. The standard InChI is InChI=1S/C10H14N2O2/c1-10(5-2-3-7-14-10)9-11-6-4-8(13)12-9/h4,6H,2-3,5,7H2,1H3,(H,11,12,13). The highest BCUT2D eigenvalue weighted by molar-refractivity contribution is 5.01. The van der Waals surface area contributed by atoms with Gasteiger partial charge in [-0.2, -0.15) is 0 Å². The number of hydrogen-bond donors (Lipinski definition) is 1. The Kier molecular flexibility index (Phi) is 2.37. The maximum atomic E-state index is 11.1. The number of ether oxygens (including phenoxy) is 1. The third-order valence-corrected chi connectivity index (χ3v) is 2.64. The first-order valence-corrected chi connectivity index (χ1v) is 4.90. The van der Waals surface area contributed by atoms with Crippen LogP contribution in [0.1, 0.15) is 32.0 Å². The molecule has 0 aromatic carbocycles. The predicted molar refractivity (Wildman–Crippen MR) is 52.0 cm³/mol. The van der Waals surface area contributed by atoms with Gasteiger partial charge in [-0.05, 0) is 26.2 Å². The van der Waals surface area contributed by atoms with Gasteiger partial charge in [0.2, 0.25) is 0 Å². The first kappa shape index (κ1) is 9.40. The molecule has 0 radical (unpaired) electrons. The van der Waals surface area contributed by atoms with Crippen molar-refractivity contribution in [1.29, 1.82) is 0 Å². The summed E-state index contributed by atoms with van der Waals surface area (Å²) in [6.07, 6.45) is 4.65. The highest BCUT2D eigenvalue weighted by Crippen LogP contribution is 2.31. The molecular formula is C10H14N2O2. The molecule has 1 fully saturated rings. The molecule has 1 aromatic heterocycles. The molecule has 14 heavy (non-hydrogen) atoms. The van der Waals surface area contributed by atoms with E-state index in [1.165, 1.54) is 12.3 Å². The van der Waals surface area contributed by atoms with E-state index in [1.807, 2.05) is 6.92 Å². The van der Waals surface area contributed by atoms with Gasteiger partial charge >= 0.3 is 0 Å². The molecule has 4 nitrogen and oxygen atoms in total. The van der Waals surface area contributed by atoms with Crippen molar-refractivity contribution in [2.24, 2.45) is 0 Å². The lowest BCUT2D eigenvalue weighted by Gasteiger charge is -2.32. The summed E-state index contributed by atoms with van der Waals surface area (Å²) in [6.45, 7) is 2.72. The van der Waals surface area contributed by atoms with Crippen molar-refractivity contribution < 1.29 is 4.74 Å². The van der Waals surface area contributed by atoms with Crippen molar-refractivity contribution in [3.05, 3.63) is 28.4 Å². The molecule has 2 heterocycles. The van der Waals surface area contributed by atoms with E-state index in [4.69, 9.17) is 4.74 Å². The van der Waals surface area contributed by atoms with Gasteiger partial charge in [0.15, 0.2) is 0 Å². The number of nitrogens with one attached hydrogen (secondary N) is 1. The van der Waals surface area contributed by atoms with Gasteiger partial charge in [-0.1, -0.05) is 0 Å². The van der Waals surface area contributed by atoms with Gasteiger partial charge in [-0.25, -0.2) is 4.98 Å². The van der Waals surface area contributed by atoms with Crippen molar-refractivity contribution in [1.82, 2.24) is 9.97 Å². The molecular weight excluding hydrogens is 180 g/mol. The fourth-order valence-electron chi connectivity index (χ4n) is 1.76. The smallest absolute Gasteiger partial charge is 0.250 e. The maximum absolute atomic E-state index is 11.1. The van der Waals surface area contributed by atoms with Crippen molar-refractivity contribution in [2.45, 2.75) is 31.8 Å². The maximum Gasteiger partial charge on any atom is 0.250 e. The summed E-state index contributed by atoms with van der Waals surface area (Å²) < 4.78 is 5.67. The molecule has 2 rings (SSSR count). The number of aromatic amines is 1. The van der Waals surface area contributed by atoms with Crippen molar-refractivity contribution in [2.75, 3.05) is 6.61 Å². The SMILES string of the molecule is CC1(c2nccc(=O)[nH]2)CCCCO1. The molecule has 0 amide bonds. The van der Waals surface area contributed by atoms with Crippen LogP contribution < -0.4 is 5.56 Å². The second-order valence-corrected chi connectivity index (χ2v) is 3.82. The largest absolute Gasteiger partial charge is 0.367 e. The van der Waals surface area contributed by atoms with Crippen molar-refractivity contribution in [3.63, 3.8) is 0 Å². The molecule has 4 heteroatoms. The van der Waals surface area contributed by atoms with Crippen LogP contribution in [0.4, 0.5) is 0 Å². The summed E-state index contributed by atoms with van der Waals surface area (Å²) in [5.41, 5.74) is -0.524. The summed E-state index contributed by atoms with van der Waals surface area (Å²) in [7, 11) is 0. The van der Waals surface area contributed by atoms with Crippen LogP contribution in [0.2, 0.25) is 0 Å². The number of aromatic nitrogens is 2. The Morgan fingerprint density at radius 3 is 3.07 bits per heavy atom. The molecule has 1 N–H and O–H groups in total. The van der Waals surface area contributed by atoms with Crippen LogP contribution >= 0.6 is 0 Å². The fourth-order valence-corrected chi connectivity index (χ4v) is 1.76. The molecule has 1 atom stereocenters. The van der Waals surface area contributed by atoms with E-state index in [1.54, 1.807) is 0 Å². The van der Waals surface area contributed by atoms with Crippen LogP contribution in [0.5, 0.6) is 0 Å². The minimum absolute atomic E-state index is 0.120. The summed E-state index contributed by atoms with van der Waals surface area (Å²) in [5, 5.41) is 0. The van der Waals surface area contributed by atoms with E-state index in [0.717, 1.165) is 25.9 Å². The Morgan fingerprint density at radius 2 is 2.43 bits per heavy atom. The van der Waals surface area contributed by atoms with Crippen molar-refractivity contribution in [3.8, 4) is 0 Å². The molecule has 0 bridgehead atoms. The molecule has 1 aliphatic rings. The third-order valence-electron chi connectivity index (χ3n) is 2.64. The van der Waals surface area contributed by atoms with E-state index < -0.39 is 5.60 Å². The summed E-state index contributed by atoms with van der Waals surface area (Å²) in [4.78, 5) is 18.0. The fraction of sp³-hybridized carbons (Fsp3) is 0.600. The number of H-pyrrole nitrogens is 1. The van der Waals surface area contributed by atoms with Crippen LogP contribution in [0, 0.1) is 0 Å². The van der Waals surface area contributed by atoms with E-state index >= 15 is 0 Å².